The lowest BCUT2D eigenvalue weighted by Gasteiger charge is -2.35. The highest BCUT2D eigenvalue weighted by molar-refractivity contribution is 5.89. The Morgan fingerprint density at radius 3 is 2.52 bits per heavy atom. The second-order valence-electron chi connectivity index (χ2n) is 7.85. The van der Waals surface area contributed by atoms with Gasteiger partial charge in [0.25, 0.3) is 0 Å². The summed E-state index contributed by atoms with van der Waals surface area (Å²) in [6.07, 6.45) is 1.55. The average Bonchev–Trinajstić information content (AvgIpc) is 2.73. The van der Waals surface area contributed by atoms with Crippen LogP contribution in [0, 0.1) is 5.82 Å². The van der Waals surface area contributed by atoms with Crippen molar-refractivity contribution < 1.29 is 23.8 Å². The standard InChI is InChI=1S/C24H23FN2O4/c1-24(2)30-15-20-17(12-26-21(23(28)29)22(20)31-24)14-27(13-16-6-4-3-5-7-16)19-10-8-18(25)9-11-19/h3-12H,13-15H2,1-2H3,(H,28,29). The van der Waals surface area contributed by atoms with Crippen molar-refractivity contribution in [1.29, 1.82) is 0 Å². The molecule has 0 radical (unpaired) electrons. The van der Waals surface area contributed by atoms with Crippen molar-refractivity contribution >= 4 is 11.7 Å². The van der Waals surface area contributed by atoms with Crippen molar-refractivity contribution in [3.63, 3.8) is 0 Å². The van der Waals surface area contributed by atoms with Gasteiger partial charge in [-0.2, -0.15) is 0 Å². The summed E-state index contributed by atoms with van der Waals surface area (Å²) in [6, 6.07) is 16.2. The largest absolute Gasteiger partial charge is 0.476 e. The number of ether oxygens (including phenoxy) is 2. The Balaban J connectivity index is 1.73. The van der Waals surface area contributed by atoms with Gasteiger partial charge >= 0.3 is 5.97 Å². The second kappa shape index (κ2) is 8.35. The number of carboxylic acid groups (broad SMARTS) is 1. The molecule has 2 aromatic carbocycles. The van der Waals surface area contributed by atoms with E-state index in [1.165, 1.54) is 12.1 Å². The lowest BCUT2D eigenvalue weighted by molar-refractivity contribution is -0.180. The van der Waals surface area contributed by atoms with Crippen LogP contribution in [0.2, 0.25) is 0 Å². The number of fused-ring (bicyclic) bond motifs is 1. The normalized spacial score (nSPS) is 14.4. The molecule has 2 heterocycles. The minimum Gasteiger partial charge on any atom is -0.476 e. The molecular formula is C24H23FN2O4. The molecule has 31 heavy (non-hydrogen) atoms. The highest BCUT2D eigenvalue weighted by atomic mass is 19.1. The molecule has 0 saturated heterocycles. The summed E-state index contributed by atoms with van der Waals surface area (Å²) in [5, 5.41) is 9.55. The third-order valence-electron chi connectivity index (χ3n) is 5.11. The molecule has 1 aliphatic rings. The van der Waals surface area contributed by atoms with Crippen molar-refractivity contribution in [2.24, 2.45) is 0 Å². The lowest BCUT2D eigenvalue weighted by Crippen LogP contribution is -2.37. The summed E-state index contributed by atoms with van der Waals surface area (Å²) in [4.78, 5) is 17.9. The first kappa shape index (κ1) is 20.8. The number of carboxylic acids is 1. The van der Waals surface area contributed by atoms with Crippen LogP contribution in [0.15, 0.2) is 60.8 Å². The molecule has 160 valence electrons. The van der Waals surface area contributed by atoms with Gasteiger partial charge in [0.1, 0.15) is 5.82 Å². The number of hydrogen-bond acceptors (Lipinski definition) is 5. The Hall–Kier alpha value is -3.45. The molecule has 0 fully saturated rings. The summed E-state index contributed by atoms with van der Waals surface area (Å²) < 4.78 is 25.1. The van der Waals surface area contributed by atoms with E-state index < -0.39 is 11.8 Å². The summed E-state index contributed by atoms with van der Waals surface area (Å²) >= 11 is 0. The van der Waals surface area contributed by atoms with E-state index in [9.17, 15) is 14.3 Å². The molecule has 7 heteroatoms. The van der Waals surface area contributed by atoms with E-state index in [0.717, 1.165) is 16.8 Å². The minimum atomic E-state index is -1.15. The average molecular weight is 422 g/mol. The van der Waals surface area contributed by atoms with E-state index in [1.807, 2.05) is 30.3 Å². The molecule has 6 nitrogen and oxygen atoms in total. The zero-order chi connectivity index (χ0) is 22.0. The molecule has 4 rings (SSSR count). The van der Waals surface area contributed by atoms with Gasteiger partial charge in [0.15, 0.2) is 11.4 Å². The number of carbonyl (C=O) groups is 1. The number of aromatic nitrogens is 1. The monoisotopic (exact) mass is 422 g/mol. The van der Waals surface area contributed by atoms with Crippen LogP contribution in [-0.2, 0) is 24.4 Å². The minimum absolute atomic E-state index is 0.133. The Bertz CT molecular complexity index is 1080. The van der Waals surface area contributed by atoms with Gasteiger partial charge in [-0.25, -0.2) is 14.2 Å². The topological polar surface area (TPSA) is 71.9 Å². The molecule has 1 aliphatic heterocycles. The summed E-state index contributed by atoms with van der Waals surface area (Å²) in [6.45, 7) is 4.67. The molecule has 0 unspecified atom stereocenters. The third kappa shape index (κ3) is 4.67. The van der Waals surface area contributed by atoms with E-state index in [0.29, 0.717) is 18.7 Å². The fourth-order valence-electron chi connectivity index (χ4n) is 3.55. The number of aromatic carboxylic acids is 1. The maximum absolute atomic E-state index is 13.5. The van der Waals surface area contributed by atoms with Crippen LogP contribution >= 0.6 is 0 Å². The first-order valence-corrected chi connectivity index (χ1v) is 9.94. The zero-order valence-electron chi connectivity index (χ0n) is 17.3. The van der Waals surface area contributed by atoms with E-state index in [2.05, 4.69) is 9.88 Å². The van der Waals surface area contributed by atoms with Crippen LogP contribution < -0.4 is 9.64 Å². The maximum atomic E-state index is 13.5. The highest BCUT2D eigenvalue weighted by Crippen LogP contribution is 2.36. The van der Waals surface area contributed by atoms with Gasteiger partial charge in [0, 0.05) is 44.4 Å². The molecule has 0 saturated carbocycles. The van der Waals surface area contributed by atoms with Gasteiger partial charge < -0.3 is 19.5 Å². The Morgan fingerprint density at radius 1 is 1.13 bits per heavy atom. The van der Waals surface area contributed by atoms with Crippen LogP contribution in [0.25, 0.3) is 0 Å². The lowest BCUT2D eigenvalue weighted by atomic mass is 10.0. The van der Waals surface area contributed by atoms with Gasteiger partial charge in [0.05, 0.1) is 6.61 Å². The quantitative estimate of drug-likeness (QED) is 0.617. The number of nitrogens with zero attached hydrogens (tertiary/aromatic N) is 2. The van der Waals surface area contributed by atoms with Crippen molar-refractivity contribution in [1.82, 2.24) is 4.98 Å². The molecular weight excluding hydrogens is 399 g/mol. The number of pyridine rings is 1. The summed E-state index contributed by atoms with van der Waals surface area (Å²) in [7, 11) is 0. The zero-order valence-corrected chi connectivity index (χ0v) is 17.3. The summed E-state index contributed by atoms with van der Waals surface area (Å²) in [5.41, 5.74) is 3.23. The summed E-state index contributed by atoms with van der Waals surface area (Å²) in [5.74, 6) is -2.17. The number of anilines is 1. The van der Waals surface area contributed by atoms with Crippen LogP contribution in [0.4, 0.5) is 10.1 Å². The first-order valence-electron chi connectivity index (χ1n) is 9.94. The molecule has 1 aromatic heterocycles. The molecule has 1 N–H and O–H groups in total. The van der Waals surface area contributed by atoms with Crippen molar-refractivity contribution in [2.75, 3.05) is 4.90 Å². The third-order valence-corrected chi connectivity index (χ3v) is 5.11. The first-order chi connectivity index (χ1) is 14.8. The Morgan fingerprint density at radius 2 is 1.84 bits per heavy atom. The van der Waals surface area contributed by atoms with E-state index in [-0.39, 0.29) is 23.9 Å². The highest BCUT2D eigenvalue weighted by Gasteiger charge is 2.33. The predicted molar refractivity (Wildman–Crippen MR) is 113 cm³/mol. The van der Waals surface area contributed by atoms with Gasteiger partial charge in [0.2, 0.25) is 5.79 Å². The van der Waals surface area contributed by atoms with E-state index in [4.69, 9.17) is 9.47 Å². The predicted octanol–water partition coefficient (Wildman–Crippen LogP) is 4.77. The van der Waals surface area contributed by atoms with Crippen molar-refractivity contribution in [3.8, 4) is 5.75 Å². The number of benzene rings is 2. The van der Waals surface area contributed by atoms with Crippen LogP contribution in [0.1, 0.15) is 41.0 Å². The van der Waals surface area contributed by atoms with E-state index in [1.54, 1.807) is 32.2 Å². The van der Waals surface area contributed by atoms with Crippen LogP contribution in [0.5, 0.6) is 5.75 Å². The number of halogens is 1. The van der Waals surface area contributed by atoms with Crippen molar-refractivity contribution in [3.05, 3.63) is 89.0 Å². The number of hydrogen-bond donors (Lipinski definition) is 1. The molecule has 0 amide bonds. The molecule has 3 aromatic rings. The molecule has 0 spiro atoms. The number of rotatable bonds is 6. The SMILES string of the molecule is CC1(C)OCc2c(CN(Cc3ccccc3)c3ccc(F)cc3)cnc(C(=O)O)c2O1. The Labute approximate surface area is 179 Å². The van der Waals surface area contributed by atoms with Crippen LogP contribution in [-0.4, -0.2) is 21.8 Å². The van der Waals surface area contributed by atoms with Gasteiger partial charge in [-0.3, -0.25) is 0 Å². The fraction of sp³-hybridized carbons (Fsp3) is 0.250. The molecule has 0 bridgehead atoms. The fourth-order valence-corrected chi connectivity index (χ4v) is 3.55. The van der Waals surface area contributed by atoms with Gasteiger partial charge in [-0.05, 0) is 35.4 Å². The maximum Gasteiger partial charge on any atom is 0.358 e. The van der Waals surface area contributed by atoms with Gasteiger partial charge in [-0.1, -0.05) is 30.3 Å². The Kier molecular flexibility index (Phi) is 5.61. The smallest absolute Gasteiger partial charge is 0.358 e. The second-order valence-corrected chi connectivity index (χ2v) is 7.85. The van der Waals surface area contributed by atoms with Crippen molar-refractivity contribution in [2.45, 2.75) is 39.3 Å². The van der Waals surface area contributed by atoms with Gasteiger partial charge in [-0.15, -0.1) is 0 Å². The van der Waals surface area contributed by atoms with Crippen LogP contribution in [0.3, 0.4) is 0 Å². The molecule has 0 atom stereocenters. The van der Waals surface area contributed by atoms with E-state index >= 15 is 0 Å². The molecule has 0 aliphatic carbocycles.